The Morgan fingerprint density at radius 1 is 1.24 bits per heavy atom. The first-order valence-corrected chi connectivity index (χ1v) is 7.22. The molecule has 17 heavy (non-hydrogen) atoms. The summed E-state index contributed by atoms with van der Waals surface area (Å²) in [6.45, 7) is 2.83. The minimum absolute atomic E-state index is 0.184. The molecule has 2 saturated carbocycles. The molecule has 0 aromatic heterocycles. The summed E-state index contributed by atoms with van der Waals surface area (Å²) in [6.07, 6.45) is 8.56. The standard InChI is InChI=1S/C14H26N2O/c1-10(11-5-2-3-6-11)16-14(17)13-8-4-7-12(13)9-15/h10-13H,2-9,15H2,1H3,(H,16,17)/t10?,12-,13-/m1/s1. The molecule has 1 amide bonds. The number of rotatable bonds is 4. The molecule has 0 spiro atoms. The van der Waals surface area contributed by atoms with E-state index >= 15 is 0 Å². The molecule has 2 rings (SSSR count). The second-order valence-corrected chi connectivity index (χ2v) is 5.87. The van der Waals surface area contributed by atoms with Gasteiger partial charge < -0.3 is 11.1 Å². The van der Waals surface area contributed by atoms with Crippen LogP contribution in [0, 0.1) is 17.8 Å². The number of hydrogen-bond donors (Lipinski definition) is 2. The molecular formula is C14H26N2O. The van der Waals surface area contributed by atoms with Crippen LogP contribution in [0.5, 0.6) is 0 Å². The Hall–Kier alpha value is -0.570. The van der Waals surface area contributed by atoms with Gasteiger partial charge in [0, 0.05) is 12.0 Å². The summed E-state index contributed by atoms with van der Waals surface area (Å²) < 4.78 is 0. The van der Waals surface area contributed by atoms with E-state index in [0.29, 0.717) is 24.4 Å². The first-order valence-electron chi connectivity index (χ1n) is 7.22. The number of nitrogens with two attached hydrogens (primary N) is 1. The van der Waals surface area contributed by atoms with Gasteiger partial charge in [-0.2, -0.15) is 0 Å². The molecule has 0 heterocycles. The van der Waals surface area contributed by atoms with E-state index in [-0.39, 0.29) is 11.8 Å². The van der Waals surface area contributed by atoms with Crippen molar-refractivity contribution >= 4 is 5.91 Å². The number of nitrogens with one attached hydrogen (secondary N) is 1. The summed E-state index contributed by atoms with van der Waals surface area (Å²) in [6, 6.07) is 0.351. The Labute approximate surface area is 105 Å². The summed E-state index contributed by atoms with van der Waals surface area (Å²) in [5.74, 6) is 1.57. The molecule has 3 heteroatoms. The van der Waals surface area contributed by atoms with Crippen molar-refractivity contribution in [2.45, 2.75) is 57.9 Å². The van der Waals surface area contributed by atoms with Crippen LogP contribution in [-0.2, 0) is 4.79 Å². The van der Waals surface area contributed by atoms with Crippen molar-refractivity contribution in [3.63, 3.8) is 0 Å². The lowest BCUT2D eigenvalue weighted by Crippen LogP contribution is -2.42. The van der Waals surface area contributed by atoms with Crippen molar-refractivity contribution in [2.24, 2.45) is 23.5 Å². The Morgan fingerprint density at radius 3 is 2.59 bits per heavy atom. The van der Waals surface area contributed by atoms with Gasteiger partial charge in [-0.25, -0.2) is 0 Å². The lowest BCUT2D eigenvalue weighted by molar-refractivity contribution is -0.126. The van der Waals surface area contributed by atoms with Crippen LogP contribution >= 0.6 is 0 Å². The predicted molar refractivity (Wildman–Crippen MR) is 69.4 cm³/mol. The largest absolute Gasteiger partial charge is 0.353 e. The van der Waals surface area contributed by atoms with E-state index in [1.54, 1.807) is 0 Å². The highest BCUT2D eigenvalue weighted by Gasteiger charge is 2.33. The fourth-order valence-corrected chi connectivity index (χ4v) is 3.57. The second kappa shape index (κ2) is 5.85. The van der Waals surface area contributed by atoms with Gasteiger partial charge in [0.15, 0.2) is 0 Å². The Morgan fingerprint density at radius 2 is 1.94 bits per heavy atom. The van der Waals surface area contributed by atoms with E-state index < -0.39 is 0 Å². The monoisotopic (exact) mass is 238 g/mol. The average Bonchev–Trinajstić information content (AvgIpc) is 2.99. The number of hydrogen-bond acceptors (Lipinski definition) is 2. The van der Waals surface area contributed by atoms with Crippen molar-refractivity contribution in [2.75, 3.05) is 6.54 Å². The van der Waals surface area contributed by atoms with Gasteiger partial charge in [-0.05, 0) is 51.0 Å². The molecule has 0 bridgehead atoms. The first-order chi connectivity index (χ1) is 8.22. The van der Waals surface area contributed by atoms with E-state index in [1.165, 1.54) is 25.7 Å². The fourth-order valence-electron chi connectivity index (χ4n) is 3.57. The Bertz CT molecular complexity index is 261. The van der Waals surface area contributed by atoms with Crippen LogP contribution in [0.25, 0.3) is 0 Å². The number of carbonyl (C=O) groups is 1. The van der Waals surface area contributed by atoms with Crippen LogP contribution in [-0.4, -0.2) is 18.5 Å². The van der Waals surface area contributed by atoms with E-state index in [0.717, 1.165) is 19.3 Å². The zero-order valence-corrected chi connectivity index (χ0v) is 11.0. The van der Waals surface area contributed by atoms with E-state index in [1.807, 2.05) is 0 Å². The predicted octanol–water partition coefficient (Wildman–Crippen LogP) is 2.06. The van der Waals surface area contributed by atoms with Crippen LogP contribution in [0.1, 0.15) is 51.9 Å². The molecule has 0 saturated heterocycles. The molecule has 98 valence electrons. The van der Waals surface area contributed by atoms with Gasteiger partial charge in [0.25, 0.3) is 0 Å². The van der Waals surface area contributed by atoms with E-state index in [4.69, 9.17) is 5.73 Å². The van der Waals surface area contributed by atoms with Crippen molar-refractivity contribution in [1.82, 2.24) is 5.32 Å². The molecule has 2 aliphatic carbocycles. The van der Waals surface area contributed by atoms with Gasteiger partial charge in [0.05, 0.1) is 0 Å². The van der Waals surface area contributed by atoms with Crippen molar-refractivity contribution in [1.29, 1.82) is 0 Å². The van der Waals surface area contributed by atoms with Gasteiger partial charge in [0.1, 0.15) is 0 Å². The molecular weight excluding hydrogens is 212 g/mol. The Balaban J connectivity index is 1.83. The van der Waals surface area contributed by atoms with Crippen LogP contribution < -0.4 is 11.1 Å². The maximum absolute atomic E-state index is 12.2. The third kappa shape index (κ3) is 3.01. The molecule has 0 aliphatic heterocycles. The number of amides is 1. The SMILES string of the molecule is CC(NC(=O)[C@@H]1CCC[C@@H]1CN)C1CCCC1. The van der Waals surface area contributed by atoms with E-state index in [9.17, 15) is 4.79 Å². The molecule has 0 aromatic carbocycles. The summed E-state index contributed by atoms with van der Waals surface area (Å²) in [7, 11) is 0. The van der Waals surface area contributed by atoms with Crippen LogP contribution in [0.4, 0.5) is 0 Å². The third-order valence-corrected chi connectivity index (χ3v) is 4.78. The fraction of sp³-hybridized carbons (Fsp3) is 0.929. The number of carbonyl (C=O) groups excluding carboxylic acids is 1. The maximum atomic E-state index is 12.2. The highest BCUT2D eigenvalue weighted by molar-refractivity contribution is 5.79. The third-order valence-electron chi connectivity index (χ3n) is 4.78. The van der Waals surface area contributed by atoms with Gasteiger partial charge in [0.2, 0.25) is 5.91 Å². The van der Waals surface area contributed by atoms with Crippen LogP contribution in [0.2, 0.25) is 0 Å². The molecule has 2 aliphatic rings. The molecule has 3 nitrogen and oxygen atoms in total. The highest BCUT2D eigenvalue weighted by Crippen LogP contribution is 2.32. The molecule has 0 radical (unpaired) electrons. The second-order valence-electron chi connectivity index (χ2n) is 5.87. The molecule has 3 atom stereocenters. The van der Waals surface area contributed by atoms with Crippen LogP contribution in [0.3, 0.4) is 0 Å². The van der Waals surface area contributed by atoms with Crippen LogP contribution in [0.15, 0.2) is 0 Å². The van der Waals surface area contributed by atoms with Gasteiger partial charge in [-0.3, -0.25) is 4.79 Å². The average molecular weight is 238 g/mol. The summed E-state index contributed by atoms with van der Waals surface area (Å²) in [4.78, 5) is 12.2. The zero-order chi connectivity index (χ0) is 12.3. The highest BCUT2D eigenvalue weighted by atomic mass is 16.2. The van der Waals surface area contributed by atoms with E-state index in [2.05, 4.69) is 12.2 Å². The van der Waals surface area contributed by atoms with Crippen molar-refractivity contribution in [3.8, 4) is 0 Å². The maximum Gasteiger partial charge on any atom is 0.223 e. The minimum atomic E-state index is 0.184. The zero-order valence-electron chi connectivity index (χ0n) is 11.0. The first kappa shape index (κ1) is 12.9. The summed E-state index contributed by atoms with van der Waals surface area (Å²) in [5, 5.41) is 3.23. The Kier molecular flexibility index (Phi) is 4.43. The summed E-state index contributed by atoms with van der Waals surface area (Å²) >= 11 is 0. The topological polar surface area (TPSA) is 55.1 Å². The molecule has 3 N–H and O–H groups in total. The van der Waals surface area contributed by atoms with Gasteiger partial charge in [-0.1, -0.05) is 19.3 Å². The molecule has 1 unspecified atom stereocenters. The van der Waals surface area contributed by atoms with Crippen molar-refractivity contribution < 1.29 is 4.79 Å². The quantitative estimate of drug-likeness (QED) is 0.787. The minimum Gasteiger partial charge on any atom is -0.353 e. The lowest BCUT2D eigenvalue weighted by atomic mass is 9.93. The lowest BCUT2D eigenvalue weighted by Gasteiger charge is -2.24. The van der Waals surface area contributed by atoms with Gasteiger partial charge in [-0.15, -0.1) is 0 Å². The summed E-state index contributed by atoms with van der Waals surface area (Å²) in [5.41, 5.74) is 5.73. The normalized spacial score (nSPS) is 31.6. The van der Waals surface area contributed by atoms with Crippen molar-refractivity contribution in [3.05, 3.63) is 0 Å². The molecule has 0 aromatic rings. The smallest absolute Gasteiger partial charge is 0.223 e. The molecule has 2 fully saturated rings. The van der Waals surface area contributed by atoms with Gasteiger partial charge >= 0.3 is 0 Å².